The molecular weight excluding hydrogens is 204 g/mol. The summed E-state index contributed by atoms with van der Waals surface area (Å²) >= 11 is 0. The Kier molecular flexibility index (Phi) is 3.28. The van der Waals surface area contributed by atoms with Gasteiger partial charge in [-0.2, -0.15) is 4.98 Å². The van der Waals surface area contributed by atoms with E-state index >= 15 is 0 Å². The van der Waals surface area contributed by atoms with Gasteiger partial charge in [-0.15, -0.1) is 5.10 Å². The molecule has 0 atom stereocenters. The van der Waals surface area contributed by atoms with Crippen LogP contribution in [0.4, 0.5) is 11.9 Å². The maximum absolute atomic E-state index is 5.51. The number of hydrogen-bond acceptors (Lipinski definition) is 5. The van der Waals surface area contributed by atoms with Gasteiger partial charge in [-0.05, 0) is 38.9 Å². The van der Waals surface area contributed by atoms with Gasteiger partial charge in [-0.3, -0.25) is 0 Å². The number of nitrogens with one attached hydrogen (secondary N) is 1. The second-order valence-electron chi connectivity index (χ2n) is 4.65. The fourth-order valence-corrected chi connectivity index (χ4v) is 2.15. The minimum Gasteiger partial charge on any atom is -0.368 e. The average Bonchev–Trinajstić information content (AvgIpc) is 2.68. The van der Waals surface area contributed by atoms with Crippen molar-refractivity contribution in [3.63, 3.8) is 0 Å². The van der Waals surface area contributed by atoms with Crippen molar-refractivity contribution in [3.05, 3.63) is 0 Å². The van der Waals surface area contributed by atoms with Crippen molar-refractivity contribution < 1.29 is 0 Å². The average molecular weight is 224 g/mol. The quantitative estimate of drug-likeness (QED) is 0.765. The highest BCUT2D eigenvalue weighted by Gasteiger charge is 2.19. The summed E-state index contributed by atoms with van der Waals surface area (Å²) in [5.41, 5.74) is 5.51. The van der Waals surface area contributed by atoms with Gasteiger partial charge in [0.15, 0.2) is 0 Å². The topological polar surface area (TPSA) is 74.1 Å². The zero-order chi connectivity index (χ0) is 11.5. The van der Waals surface area contributed by atoms with Gasteiger partial charge in [0.05, 0.1) is 0 Å². The number of aromatic nitrogens is 3. The summed E-state index contributed by atoms with van der Waals surface area (Å²) in [6.45, 7) is 3.38. The maximum Gasteiger partial charge on any atom is 0.246 e. The molecule has 0 aliphatic carbocycles. The zero-order valence-electron chi connectivity index (χ0n) is 9.98. The van der Waals surface area contributed by atoms with Gasteiger partial charge in [0.25, 0.3) is 0 Å². The van der Waals surface area contributed by atoms with E-state index in [0.717, 1.165) is 12.5 Å². The molecule has 1 aromatic rings. The largest absolute Gasteiger partial charge is 0.368 e. The fourth-order valence-electron chi connectivity index (χ4n) is 2.15. The van der Waals surface area contributed by atoms with Crippen molar-refractivity contribution in [2.45, 2.75) is 12.8 Å². The molecule has 0 amide bonds. The predicted octanol–water partition coefficient (Wildman–Crippen LogP) is 0.165. The first-order valence-corrected chi connectivity index (χ1v) is 5.72. The molecule has 1 saturated heterocycles. The Morgan fingerprint density at radius 2 is 2.19 bits per heavy atom. The standard InChI is InChI=1S/C10H20N6/c1-15-5-3-8(4-6-15)7-16(2)10-12-9(11)13-14-10/h8H,3-7H2,1-2H3,(H3,11,12,13,14). The van der Waals surface area contributed by atoms with Gasteiger partial charge in [0.2, 0.25) is 11.9 Å². The van der Waals surface area contributed by atoms with Crippen LogP contribution in [0, 0.1) is 5.92 Å². The van der Waals surface area contributed by atoms with Crippen molar-refractivity contribution in [2.24, 2.45) is 5.92 Å². The van der Waals surface area contributed by atoms with Gasteiger partial charge < -0.3 is 15.5 Å². The molecule has 2 rings (SSSR count). The molecule has 16 heavy (non-hydrogen) atoms. The third kappa shape index (κ3) is 2.63. The molecular formula is C10H20N6. The van der Waals surface area contributed by atoms with Gasteiger partial charge in [-0.1, -0.05) is 0 Å². The summed E-state index contributed by atoms with van der Waals surface area (Å²) < 4.78 is 0. The SMILES string of the molecule is CN1CCC(CN(C)c2n[nH]c(N)n2)CC1. The minimum absolute atomic E-state index is 0.380. The first kappa shape index (κ1) is 11.2. The van der Waals surface area contributed by atoms with Crippen LogP contribution in [0.25, 0.3) is 0 Å². The Morgan fingerprint density at radius 3 is 2.75 bits per heavy atom. The molecule has 1 fully saturated rings. The lowest BCUT2D eigenvalue weighted by atomic mass is 9.97. The number of nitrogens with two attached hydrogens (primary N) is 1. The van der Waals surface area contributed by atoms with Gasteiger partial charge >= 0.3 is 0 Å². The Labute approximate surface area is 95.8 Å². The normalized spacial score (nSPS) is 18.9. The van der Waals surface area contributed by atoms with Crippen LogP contribution < -0.4 is 10.6 Å². The molecule has 1 aromatic heterocycles. The van der Waals surface area contributed by atoms with Crippen LogP contribution in [-0.2, 0) is 0 Å². The number of piperidine rings is 1. The lowest BCUT2D eigenvalue weighted by molar-refractivity contribution is 0.222. The number of hydrogen-bond donors (Lipinski definition) is 2. The summed E-state index contributed by atoms with van der Waals surface area (Å²) in [6.07, 6.45) is 2.50. The summed E-state index contributed by atoms with van der Waals surface area (Å²) in [6, 6.07) is 0. The number of nitrogen functional groups attached to an aromatic ring is 1. The Hall–Kier alpha value is -1.30. The Morgan fingerprint density at radius 1 is 1.50 bits per heavy atom. The van der Waals surface area contributed by atoms with Crippen LogP contribution in [0.5, 0.6) is 0 Å². The first-order chi connectivity index (χ1) is 7.65. The fraction of sp³-hybridized carbons (Fsp3) is 0.800. The van der Waals surface area contributed by atoms with E-state index in [2.05, 4.69) is 32.0 Å². The summed E-state index contributed by atoms with van der Waals surface area (Å²) in [7, 11) is 4.19. The summed E-state index contributed by atoms with van der Waals surface area (Å²) in [4.78, 5) is 8.57. The van der Waals surface area contributed by atoms with E-state index in [1.54, 1.807) is 0 Å². The highest BCUT2D eigenvalue weighted by molar-refractivity contribution is 5.32. The van der Waals surface area contributed by atoms with E-state index in [0.29, 0.717) is 11.9 Å². The van der Waals surface area contributed by atoms with Crippen LogP contribution in [0.3, 0.4) is 0 Å². The molecule has 3 N–H and O–H groups in total. The smallest absolute Gasteiger partial charge is 0.246 e. The molecule has 0 unspecified atom stereocenters. The third-order valence-corrected chi connectivity index (χ3v) is 3.20. The highest BCUT2D eigenvalue weighted by Crippen LogP contribution is 2.18. The van der Waals surface area contributed by atoms with Crippen molar-refractivity contribution >= 4 is 11.9 Å². The van der Waals surface area contributed by atoms with E-state index in [4.69, 9.17) is 5.73 Å². The van der Waals surface area contributed by atoms with Crippen LogP contribution >= 0.6 is 0 Å². The highest BCUT2D eigenvalue weighted by atomic mass is 15.4. The molecule has 0 spiro atoms. The van der Waals surface area contributed by atoms with Crippen molar-refractivity contribution in [3.8, 4) is 0 Å². The molecule has 0 aromatic carbocycles. The van der Waals surface area contributed by atoms with Crippen LogP contribution in [0.1, 0.15) is 12.8 Å². The molecule has 90 valence electrons. The molecule has 2 heterocycles. The lowest BCUT2D eigenvalue weighted by Crippen LogP contribution is -2.36. The maximum atomic E-state index is 5.51. The summed E-state index contributed by atoms with van der Waals surface area (Å²) in [5.74, 6) is 1.81. The minimum atomic E-state index is 0.380. The number of anilines is 2. The third-order valence-electron chi connectivity index (χ3n) is 3.20. The number of likely N-dealkylation sites (tertiary alicyclic amines) is 1. The van der Waals surface area contributed by atoms with E-state index < -0.39 is 0 Å². The molecule has 1 aliphatic rings. The van der Waals surface area contributed by atoms with Crippen LogP contribution in [-0.4, -0.2) is 53.8 Å². The second kappa shape index (κ2) is 4.69. The Balaban J connectivity index is 1.85. The first-order valence-electron chi connectivity index (χ1n) is 5.72. The van der Waals surface area contributed by atoms with Crippen molar-refractivity contribution in [1.82, 2.24) is 20.1 Å². The molecule has 1 aliphatic heterocycles. The molecule has 6 nitrogen and oxygen atoms in total. The molecule has 0 bridgehead atoms. The van der Waals surface area contributed by atoms with E-state index in [1.165, 1.54) is 25.9 Å². The van der Waals surface area contributed by atoms with Crippen molar-refractivity contribution in [1.29, 1.82) is 0 Å². The number of rotatable bonds is 3. The Bertz CT molecular complexity index is 328. The molecule has 0 radical (unpaired) electrons. The van der Waals surface area contributed by atoms with Crippen LogP contribution in [0.15, 0.2) is 0 Å². The number of aromatic amines is 1. The van der Waals surface area contributed by atoms with Crippen molar-refractivity contribution in [2.75, 3.05) is 44.4 Å². The van der Waals surface area contributed by atoms with E-state index in [1.807, 2.05) is 7.05 Å². The predicted molar refractivity (Wildman–Crippen MR) is 64.3 cm³/mol. The zero-order valence-corrected chi connectivity index (χ0v) is 9.98. The second-order valence-corrected chi connectivity index (χ2v) is 4.65. The molecule has 0 saturated carbocycles. The van der Waals surface area contributed by atoms with E-state index in [9.17, 15) is 0 Å². The van der Waals surface area contributed by atoms with Gasteiger partial charge in [0.1, 0.15) is 0 Å². The van der Waals surface area contributed by atoms with Crippen LogP contribution in [0.2, 0.25) is 0 Å². The van der Waals surface area contributed by atoms with E-state index in [-0.39, 0.29) is 0 Å². The number of H-pyrrole nitrogens is 1. The molecule has 6 heteroatoms. The summed E-state index contributed by atoms with van der Waals surface area (Å²) in [5, 5.41) is 6.71. The van der Waals surface area contributed by atoms with Gasteiger partial charge in [0, 0.05) is 13.6 Å². The monoisotopic (exact) mass is 224 g/mol. The number of nitrogens with zero attached hydrogens (tertiary/aromatic N) is 4. The lowest BCUT2D eigenvalue weighted by Gasteiger charge is -2.31. The van der Waals surface area contributed by atoms with Gasteiger partial charge in [-0.25, -0.2) is 5.10 Å².